The molecule has 4 rings (SSSR count). The summed E-state index contributed by atoms with van der Waals surface area (Å²) in [6, 6.07) is 15.2. The summed E-state index contributed by atoms with van der Waals surface area (Å²) in [5.41, 5.74) is 1.69. The monoisotopic (exact) mass is 379 g/mol. The number of carbonyl (C=O) groups excluding carboxylic acids is 1. The lowest BCUT2D eigenvalue weighted by molar-refractivity contribution is 0.0569. The van der Waals surface area contributed by atoms with Crippen LogP contribution in [0, 0.1) is 0 Å². The third-order valence-electron chi connectivity index (χ3n) is 4.84. The van der Waals surface area contributed by atoms with Crippen molar-refractivity contribution in [2.24, 2.45) is 0 Å². The van der Waals surface area contributed by atoms with Crippen LogP contribution in [0.25, 0.3) is 0 Å². The van der Waals surface area contributed by atoms with Crippen molar-refractivity contribution >= 4 is 5.91 Å². The summed E-state index contributed by atoms with van der Waals surface area (Å²) in [4.78, 5) is 18.9. The third-order valence-corrected chi connectivity index (χ3v) is 4.84. The van der Waals surface area contributed by atoms with Gasteiger partial charge in [0.05, 0.1) is 20.1 Å². The zero-order chi connectivity index (χ0) is 19.5. The molecule has 1 aliphatic rings. The standard InChI is InChI=1S/C21H21N3O4/c1-26-17-9-8-15(11-18(17)27-2)21(25)24-12-16(13-24)20-22-19(23-28-20)10-14-6-4-3-5-7-14/h3-9,11,16H,10,12-13H2,1-2H3. The number of nitrogens with zero attached hydrogens (tertiary/aromatic N) is 3. The molecule has 2 aromatic carbocycles. The van der Waals surface area contributed by atoms with Crippen LogP contribution in [0.2, 0.25) is 0 Å². The zero-order valence-corrected chi connectivity index (χ0v) is 15.8. The number of ether oxygens (including phenoxy) is 2. The molecule has 0 atom stereocenters. The zero-order valence-electron chi connectivity index (χ0n) is 15.8. The van der Waals surface area contributed by atoms with Crippen LogP contribution in [0.4, 0.5) is 0 Å². The van der Waals surface area contributed by atoms with Gasteiger partial charge in [-0.05, 0) is 23.8 Å². The van der Waals surface area contributed by atoms with Crippen molar-refractivity contribution in [3.8, 4) is 11.5 Å². The number of hydrogen-bond acceptors (Lipinski definition) is 6. The van der Waals surface area contributed by atoms with Crippen molar-refractivity contribution in [3.63, 3.8) is 0 Å². The molecular formula is C21H21N3O4. The molecule has 1 amide bonds. The Morgan fingerprint density at radius 2 is 1.86 bits per heavy atom. The van der Waals surface area contributed by atoms with E-state index in [2.05, 4.69) is 10.1 Å². The lowest BCUT2D eigenvalue weighted by Gasteiger charge is -2.37. The SMILES string of the molecule is COc1ccc(C(=O)N2CC(c3nc(Cc4ccccc4)no3)C2)cc1OC. The Balaban J connectivity index is 1.37. The average Bonchev–Trinajstić information content (AvgIpc) is 3.14. The number of methoxy groups -OCH3 is 2. The smallest absolute Gasteiger partial charge is 0.254 e. The largest absolute Gasteiger partial charge is 0.493 e. The van der Waals surface area contributed by atoms with Gasteiger partial charge in [-0.2, -0.15) is 4.98 Å². The second kappa shape index (κ2) is 7.72. The van der Waals surface area contributed by atoms with E-state index < -0.39 is 0 Å². The Kier molecular flexibility index (Phi) is 4.97. The topological polar surface area (TPSA) is 77.7 Å². The summed E-state index contributed by atoms with van der Waals surface area (Å²) >= 11 is 0. The summed E-state index contributed by atoms with van der Waals surface area (Å²) in [7, 11) is 3.12. The Morgan fingerprint density at radius 3 is 2.57 bits per heavy atom. The Bertz CT molecular complexity index is 965. The van der Waals surface area contributed by atoms with E-state index in [1.165, 1.54) is 0 Å². The van der Waals surface area contributed by atoms with Gasteiger partial charge in [-0.15, -0.1) is 0 Å². The van der Waals surface area contributed by atoms with Crippen molar-refractivity contribution in [2.45, 2.75) is 12.3 Å². The molecule has 1 fully saturated rings. The molecule has 0 saturated carbocycles. The summed E-state index contributed by atoms with van der Waals surface area (Å²) < 4.78 is 15.9. The Morgan fingerprint density at radius 1 is 1.11 bits per heavy atom. The van der Waals surface area contributed by atoms with Gasteiger partial charge in [-0.1, -0.05) is 35.5 Å². The molecule has 0 spiro atoms. The van der Waals surface area contributed by atoms with Crippen LogP contribution in [0.15, 0.2) is 53.1 Å². The number of rotatable bonds is 6. The predicted molar refractivity (Wildman–Crippen MR) is 102 cm³/mol. The first-order valence-electron chi connectivity index (χ1n) is 9.05. The molecule has 3 aromatic rings. The second-order valence-electron chi connectivity index (χ2n) is 6.69. The van der Waals surface area contributed by atoms with E-state index in [1.807, 2.05) is 30.3 Å². The number of benzene rings is 2. The van der Waals surface area contributed by atoms with E-state index in [-0.39, 0.29) is 11.8 Å². The molecular weight excluding hydrogens is 358 g/mol. The van der Waals surface area contributed by atoms with Crippen molar-refractivity contribution in [3.05, 3.63) is 71.4 Å². The molecule has 0 bridgehead atoms. The van der Waals surface area contributed by atoms with Gasteiger partial charge in [-0.3, -0.25) is 4.79 Å². The van der Waals surface area contributed by atoms with Crippen LogP contribution in [-0.4, -0.2) is 48.3 Å². The first-order valence-corrected chi connectivity index (χ1v) is 9.05. The molecule has 2 heterocycles. The average molecular weight is 379 g/mol. The van der Waals surface area contributed by atoms with Crippen LogP contribution < -0.4 is 9.47 Å². The van der Waals surface area contributed by atoms with Crippen LogP contribution in [0.1, 0.15) is 33.6 Å². The van der Waals surface area contributed by atoms with Crippen molar-refractivity contribution in [2.75, 3.05) is 27.3 Å². The fraction of sp³-hybridized carbons (Fsp3) is 0.286. The van der Waals surface area contributed by atoms with Crippen LogP contribution in [0.3, 0.4) is 0 Å². The first kappa shape index (κ1) is 18.0. The fourth-order valence-corrected chi connectivity index (χ4v) is 3.24. The minimum atomic E-state index is -0.0544. The quantitative estimate of drug-likeness (QED) is 0.655. The summed E-state index contributed by atoms with van der Waals surface area (Å²) in [6.07, 6.45) is 0.630. The van der Waals surface area contributed by atoms with Crippen molar-refractivity contribution < 1.29 is 18.8 Å². The van der Waals surface area contributed by atoms with Gasteiger partial charge < -0.3 is 18.9 Å². The van der Waals surface area contributed by atoms with Gasteiger partial charge in [0.2, 0.25) is 5.89 Å². The molecule has 144 valence electrons. The van der Waals surface area contributed by atoms with Gasteiger partial charge in [-0.25, -0.2) is 0 Å². The number of aromatic nitrogens is 2. The van der Waals surface area contributed by atoms with Crippen molar-refractivity contribution in [1.29, 1.82) is 0 Å². The number of carbonyl (C=O) groups is 1. The fourth-order valence-electron chi connectivity index (χ4n) is 3.24. The maximum absolute atomic E-state index is 12.7. The minimum Gasteiger partial charge on any atom is -0.493 e. The van der Waals surface area contributed by atoms with Crippen molar-refractivity contribution in [1.82, 2.24) is 15.0 Å². The molecule has 0 unspecified atom stereocenters. The van der Waals surface area contributed by atoms with Crippen LogP contribution >= 0.6 is 0 Å². The van der Waals surface area contributed by atoms with E-state index in [9.17, 15) is 4.79 Å². The van der Waals surface area contributed by atoms with Gasteiger partial charge in [0.15, 0.2) is 17.3 Å². The second-order valence-corrected chi connectivity index (χ2v) is 6.69. The molecule has 1 aliphatic heterocycles. The normalized spacial score (nSPS) is 13.9. The summed E-state index contributed by atoms with van der Waals surface area (Å²) in [6.45, 7) is 1.11. The summed E-state index contributed by atoms with van der Waals surface area (Å²) in [5, 5.41) is 4.06. The molecule has 0 N–H and O–H groups in total. The number of likely N-dealkylation sites (tertiary alicyclic amines) is 1. The third kappa shape index (κ3) is 3.55. The van der Waals surface area contributed by atoms with Crippen LogP contribution in [-0.2, 0) is 6.42 Å². The highest BCUT2D eigenvalue weighted by atomic mass is 16.5. The lowest BCUT2D eigenvalue weighted by Crippen LogP contribution is -2.48. The predicted octanol–water partition coefficient (Wildman–Crippen LogP) is 2.92. The highest BCUT2D eigenvalue weighted by molar-refractivity contribution is 5.95. The number of amides is 1. The van der Waals surface area contributed by atoms with Crippen LogP contribution in [0.5, 0.6) is 11.5 Å². The van der Waals surface area contributed by atoms with Gasteiger partial charge >= 0.3 is 0 Å². The van der Waals surface area contributed by atoms with E-state index in [0.29, 0.717) is 48.3 Å². The van der Waals surface area contributed by atoms with Gasteiger partial charge in [0.25, 0.3) is 5.91 Å². The van der Waals surface area contributed by atoms with E-state index in [0.717, 1.165) is 5.56 Å². The number of hydrogen-bond donors (Lipinski definition) is 0. The highest BCUT2D eigenvalue weighted by Gasteiger charge is 2.36. The van der Waals surface area contributed by atoms with E-state index in [4.69, 9.17) is 14.0 Å². The Labute approximate surface area is 162 Å². The van der Waals surface area contributed by atoms with E-state index >= 15 is 0 Å². The highest BCUT2D eigenvalue weighted by Crippen LogP contribution is 2.31. The molecule has 7 heteroatoms. The van der Waals surface area contributed by atoms with Gasteiger partial charge in [0.1, 0.15) is 0 Å². The maximum Gasteiger partial charge on any atom is 0.254 e. The lowest BCUT2D eigenvalue weighted by atomic mass is 9.98. The first-order chi connectivity index (χ1) is 13.7. The molecule has 0 aliphatic carbocycles. The maximum atomic E-state index is 12.7. The van der Waals surface area contributed by atoms with Gasteiger partial charge in [0, 0.05) is 25.1 Å². The minimum absolute atomic E-state index is 0.0544. The van der Waals surface area contributed by atoms with E-state index in [1.54, 1.807) is 37.3 Å². The Hall–Kier alpha value is -3.35. The summed E-state index contributed by atoms with van der Waals surface area (Å²) in [5.74, 6) is 2.39. The molecule has 7 nitrogen and oxygen atoms in total. The molecule has 1 saturated heterocycles. The molecule has 0 radical (unpaired) electrons. The molecule has 1 aromatic heterocycles. The molecule has 28 heavy (non-hydrogen) atoms.